The van der Waals surface area contributed by atoms with Crippen molar-refractivity contribution < 1.29 is 23.1 Å². The van der Waals surface area contributed by atoms with Crippen molar-refractivity contribution in [2.75, 3.05) is 0 Å². The molecule has 0 spiro atoms. The third-order valence-electron chi connectivity index (χ3n) is 3.57. The lowest BCUT2D eigenvalue weighted by Gasteiger charge is -2.42. The Bertz CT molecular complexity index is 346. The van der Waals surface area contributed by atoms with Crippen molar-refractivity contribution in [2.24, 2.45) is 5.41 Å². The fraction of sp³-hybridized carbons (Fsp3) is 0.727. The van der Waals surface area contributed by atoms with E-state index in [0.717, 1.165) is 0 Å². The standard InChI is InChI=1S/C11H13F3O2/c12-11(13,14)10-5-4-8(15)6-7(10)2-1-3-9(10)16/h6,8,15H,1-5H2/t8-,10+/m0/s1. The number of carbonyl (C=O) groups is 1. The van der Waals surface area contributed by atoms with Gasteiger partial charge in [-0.3, -0.25) is 4.79 Å². The first kappa shape index (κ1) is 11.6. The second-order valence-electron chi connectivity index (χ2n) is 4.48. The van der Waals surface area contributed by atoms with Gasteiger partial charge >= 0.3 is 6.18 Å². The Morgan fingerprint density at radius 1 is 1.38 bits per heavy atom. The van der Waals surface area contributed by atoms with Crippen LogP contribution in [0, 0.1) is 5.41 Å². The van der Waals surface area contributed by atoms with Crippen molar-refractivity contribution in [3.05, 3.63) is 11.6 Å². The van der Waals surface area contributed by atoms with Gasteiger partial charge in [0, 0.05) is 6.42 Å². The molecule has 2 aliphatic carbocycles. The number of rotatable bonds is 0. The molecule has 0 aromatic heterocycles. The van der Waals surface area contributed by atoms with Crippen molar-refractivity contribution in [2.45, 2.75) is 44.4 Å². The van der Waals surface area contributed by atoms with Gasteiger partial charge in [-0.25, -0.2) is 0 Å². The van der Waals surface area contributed by atoms with Crippen LogP contribution in [0.5, 0.6) is 0 Å². The van der Waals surface area contributed by atoms with Gasteiger partial charge in [-0.2, -0.15) is 13.2 Å². The average molecular weight is 234 g/mol. The summed E-state index contributed by atoms with van der Waals surface area (Å²) >= 11 is 0. The number of aliphatic hydroxyl groups is 1. The van der Waals surface area contributed by atoms with Crippen LogP contribution >= 0.6 is 0 Å². The fourth-order valence-electron chi connectivity index (χ4n) is 2.73. The van der Waals surface area contributed by atoms with Crippen molar-refractivity contribution in [3.63, 3.8) is 0 Å². The number of hydrogen-bond acceptors (Lipinski definition) is 2. The van der Waals surface area contributed by atoms with Crippen LogP contribution in [-0.2, 0) is 4.79 Å². The summed E-state index contributed by atoms with van der Waals surface area (Å²) in [5.74, 6) is -0.732. The highest BCUT2D eigenvalue weighted by Gasteiger charge is 2.62. The smallest absolute Gasteiger partial charge is 0.389 e. The number of allylic oxidation sites excluding steroid dienone is 1. The largest absolute Gasteiger partial charge is 0.404 e. The van der Waals surface area contributed by atoms with E-state index in [2.05, 4.69) is 0 Å². The van der Waals surface area contributed by atoms with Crippen molar-refractivity contribution in [1.29, 1.82) is 0 Å². The van der Waals surface area contributed by atoms with E-state index < -0.39 is 23.5 Å². The lowest BCUT2D eigenvalue weighted by molar-refractivity contribution is -0.216. The zero-order valence-corrected chi connectivity index (χ0v) is 8.68. The van der Waals surface area contributed by atoms with E-state index >= 15 is 0 Å². The minimum Gasteiger partial charge on any atom is -0.389 e. The summed E-state index contributed by atoms with van der Waals surface area (Å²) < 4.78 is 39.3. The lowest BCUT2D eigenvalue weighted by Crippen LogP contribution is -2.50. The highest BCUT2D eigenvalue weighted by atomic mass is 19.4. The molecule has 0 aromatic rings. The van der Waals surface area contributed by atoms with Gasteiger partial charge in [0.15, 0.2) is 5.78 Å². The van der Waals surface area contributed by atoms with Gasteiger partial charge in [0.05, 0.1) is 6.10 Å². The first-order chi connectivity index (χ1) is 7.38. The molecule has 0 unspecified atom stereocenters. The van der Waals surface area contributed by atoms with Crippen LogP contribution in [0.3, 0.4) is 0 Å². The summed E-state index contributed by atoms with van der Waals surface area (Å²) in [4.78, 5) is 11.7. The minimum absolute atomic E-state index is 0.00700. The van der Waals surface area contributed by atoms with Crippen LogP contribution in [0.25, 0.3) is 0 Å². The maximum atomic E-state index is 13.1. The predicted molar refractivity (Wildman–Crippen MR) is 50.7 cm³/mol. The predicted octanol–water partition coefficient (Wildman–Crippen LogP) is 2.37. The zero-order chi connectivity index (χ0) is 12.0. The van der Waals surface area contributed by atoms with Crippen LogP contribution in [-0.4, -0.2) is 23.2 Å². The number of carbonyl (C=O) groups excluding carboxylic acids is 1. The first-order valence-corrected chi connectivity index (χ1v) is 5.37. The molecule has 0 radical (unpaired) electrons. The maximum absolute atomic E-state index is 13.1. The number of aliphatic hydroxyl groups excluding tert-OH is 1. The van der Waals surface area contributed by atoms with Gasteiger partial charge in [0.1, 0.15) is 5.41 Å². The summed E-state index contributed by atoms with van der Waals surface area (Å²) in [7, 11) is 0. The van der Waals surface area contributed by atoms with Crippen molar-refractivity contribution >= 4 is 5.78 Å². The first-order valence-electron chi connectivity index (χ1n) is 5.37. The normalized spacial score (nSPS) is 35.6. The van der Waals surface area contributed by atoms with E-state index in [9.17, 15) is 23.1 Å². The average Bonchev–Trinajstić information content (AvgIpc) is 2.15. The zero-order valence-electron chi connectivity index (χ0n) is 8.68. The van der Waals surface area contributed by atoms with Crippen molar-refractivity contribution in [1.82, 2.24) is 0 Å². The molecular weight excluding hydrogens is 221 g/mol. The summed E-state index contributed by atoms with van der Waals surface area (Å²) in [6.07, 6.45) is -3.72. The monoisotopic (exact) mass is 234 g/mol. The number of ketones is 1. The van der Waals surface area contributed by atoms with E-state index in [1.807, 2.05) is 0 Å². The Morgan fingerprint density at radius 2 is 2.06 bits per heavy atom. The molecule has 2 nitrogen and oxygen atoms in total. The van der Waals surface area contributed by atoms with Crippen LogP contribution in [0.2, 0.25) is 0 Å². The van der Waals surface area contributed by atoms with Gasteiger partial charge in [0.25, 0.3) is 0 Å². The van der Waals surface area contributed by atoms with Crippen molar-refractivity contribution in [3.8, 4) is 0 Å². The summed E-state index contributed by atoms with van der Waals surface area (Å²) in [5.41, 5.74) is -2.21. The molecule has 5 heteroatoms. The Kier molecular flexibility index (Phi) is 2.61. The quantitative estimate of drug-likeness (QED) is 0.653. The van der Waals surface area contributed by atoms with Crippen LogP contribution in [0.1, 0.15) is 32.1 Å². The lowest BCUT2D eigenvalue weighted by atomic mass is 9.63. The molecule has 1 saturated carbocycles. The molecule has 2 aliphatic rings. The van der Waals surface area contributed by atoms with Crippen LogP contribution in [0.4, 0.5) is 13.2 Å². The molecule has 90 valence electrons. The molecular formula is C11H13F3O2. The van der Waals surface area contributed by atoms with E-state index in [4.69, 9.17) is 0 Å². The highest BCUT2D eigenvalue weighted by Crippen LogP contribution is 2.54. The molecule has 0 aromatic carbocycles. The maximum Gasteiger partial charge on any atom is 0.404 e. The molecule has 2 atom stereocenters. The second-order valence-corrected chi connectivity index (χ2v) is 4.48. The van der Waals surface area contributed by atoms with Gasteiger partial charge < -0.3 is 5.11 Å². The number of alkyl halides is 3. The third-order valence-corrected chi connectivity index (χ3v) is 3.57. The Labute approximate surface area is 91.1 Å². The topological polar surface area (TPSA) is 37.3 Å². The van der Waals surface area contributed by atoms with Crippen LogP contribution in [0.15, 0.2) is 11.6 Å². The van der Waals surface area contributed by atoms with Gasteiger partial charge in [-0.1, -0.05) is 6.08 Å². The number of Topliss-reactive ketones (excluding diaryl/α,β-unsaturated/α-hetero) is 1. The molecule has 0 saturated heterocycles. The number of fused-ring (bicyclic) bond motifs is 1. The summed E-state index contributed by atoms with van der Waals surface area (Å²) in [5, 5.41) is 9.36. The molecule has 0 heterocycles. The molecule has 0 bridgehead atoms. The van der Waals surface area contributed by atoms with Gasteiger partial charge in [-0.15, -0.1) is 0 Å². The summed E-state index contributed by atoms with van der Waals surface area (Å²) in [6.45, 7) is 0. The second kappa shape index (κ2) is 3.58. The Morgan fingerprint density at radius 3 is 2.69 bits per heavy atom. The molecule has 0 aliphatic heterocycles. The van der Waals surface area contributed by atoms with Crippen LogP contribution < -0.4 is 0 Å². The molecule has 2 rings (SSSR count). The third kappa shape index (κ3) is 1.49. The minimum atomic E-state index is -4.53. The van der Waals surface area contributed by atoms with Gasteiger partial charge in [0.2, 0.25) is 0 Å². The number of hydrogen-bond donors (Lipinski definition) is 1. The van der Waals surface area contributed by atoms with E-state index in [-0.39, 0.29) is 31.3 Å². The van der Waals surface area contributed by atoms with Gasteiger partial charge in [-0.05, 0) is 31.3 Å². The Balaban J connectivity index is 2.50. The SMILES string of the molecule is O=C1CCCC2=C[C@@H](O)CC[C@]12C(F)(F)F. The van der Waals surface area contributed by atoms with E-state index in [0.29, 0.717) is 6.42 Å². The molecule has 0 amide bonds. The number of halogens is 3. The van der Waals surface area contributed by atoms with E-state index in [1.54, 1.807) is 0 Å². The molecule has 1 N–H and O–H groups in total. The summed E-state index contributed by atoms with van der Waals surface area (Å²) in [6, 6.07) is 0. The fourth-order valence-corrected chi connectivity index (χ4v) is 2.73. The van der Waals surface area contributed by atoms with E-state index in [1.165, 1.54) is 6.08 Å². The molecule has 1 fully saturated rings. The molecule has 16 heavy (non-hydrogen) atoms. The Hall–Kier alpha value is -0.840. The highest BCUT2D eigenvalue weighted by molar-refractivity contribution is 5.90.